The lowest BCUT2D eigenvalue weighted by atomic mass is 10.4. The fraction of sp³-hybridized carbons (Fsp3) is 0.0833. The van der Waals surface area contributed by atoms with Crippen molar-refractivity contribution in [3.63, 3.8) is 0 Å². The Bertz CT molecular complexity index is 850. The van der Waals surface area contributed by atoms with Crippen molar-refractivity contribution in [3.05, 3.63) is 46.2 Å². The zero-order chi connectivity index (χ0) is 15.9. The van der Waals surface area contributed by atoms with Crippen LogP contribution in [-0.4, -0.2) is 19.8 Å². The van der Waals surface area contributed by atoms with Crippen molar-refractivity contribution in [2.24, 2.45) is 0 Å². The summed E-state index contributed by atoms with van der Waals surface area (Å²) in [5.74, 6) is -1.18. The van der Waals surface area contributed by atoms with Crippen molar-refractivity contribution < 1.29 is 13.2 Å². The molecule has 2 heterocycles. The summed E-state index contributed by atoms with van der Waals surface area (Å²) in [6.45, 7) is 0. The van der Waals surface area contributed by atoms with Crippen molar-refractivity contribution >= 4 is 40.6 Å². The Morgan fingerprint density at radius 1 is 1.05 bits per heavy atom. The zero-order valence-corrected chi connectivity index (χ0v) is 12.8. The smallest absolute Gasteiger partial charge is 0.188 e. The number of benzene rings is 1. The van der Waals surface area contributed by atoms with Gasteiger partial charge in [-0.3, -0.25) is 0 Å². The first kappa shape index (κ1) is 15.4. The number of aromatic nitrogens is 4. The van der Waals surface area contributed by atoms with Gasteiger partial charge in [0, 0.05) is 9.92 Å². The summed E-state index contributed by atoms with van der Waals surface area (Å²) >= 11 is 13.0. The third kappa shape index (κ3) is 2.99. The van der Waals surface area contributed by atoms with Gasteiger partial charge in [0.15, 0.2) is 5.65 Å². The molecule has 0 saturated carbocycles. The minimum Gasteiger partial charge on any atom is -0.188 e. The second-order valence-electron chi connectivity index (χ2n) is 4.14. The van der Waals surface area contributed by atoms with Crippen LogP contribution in [0.4, 0.5) is 13.2 Å². The maximum atomic E-state index is 12.8. The lowest BCUT2D eigenvalue weighted by Gasteiger charge is -2.06. The fourth-order valence-electron chi connectivity index (χ4n) is 1.67. The Balaban J connectivity index is 2.03. The van der Waals surface area contributed by atoms with Crippen LogP contribution in [0.25, 0.3) is 5.65 Å². The molecule has 0 unspecified atom stereocenters. The molecular weight excluding hydrogens is 360 g/mol. The van der Waals surface area contributed by atoms with Crippen LogP contribution in [0.3, 0.4) is 0 Å². The molecule has 22 heavy (non-hydrogen) atoms. The van der Waals surface area contributed by atoms with E-state index in [-0.39, 0.29) is 5.65 Å². The van der Waals surface area contributed by atoms with Gasteiger partial charge in [0.25, 0.3) is 5.82 Å². The third-order valence-electron chi connectivity index (χ3n) is 2.60. The van der Waals surface area contributed by atoms with Crippen LogP contribution in [0.5, 0.6) is 0 Å². The molecule has 4 nitrogen and oxygen atoms in total. The van der Waals surface area contributed by atoms with Gasteiger partial charge in [0.1, 0.15) is 5.03 Å². The van der Waals surface area contributed by atoms with Gasteiger partial charge in [-0.1, -0.05) is 35.0 Å². The van der Waals surface area contributed by atoms with E-state index in [0.717, 1.165) is 11.8 Å². The van der Waals surface area contributed by atoms with Crippen molar-refractivity contribution in [2.75, 3.05) is 0 Å². The predicted molar refractivity (Wildman–Crippen MR) is 76.4 cm³/mol. The molecule has 10 heteroatoms. The maximum Gasteiger partial charge on any atom is 0.453 e. The molecule has 2 aromatic heterocycles. The van der Waals surface area contributed by atoms with Crippen LogP contribution >= 0.6 is 35.0 Å². The molecule has 3 aromatic rings. The van der Waals surface area contributed by atoms with Gasteiger partial charge in [0.05, 0.1) is 5.02 Å². The van der Waals surface area contributed by atoms with E-state index in [0.29, 0.717) is 24.5 Å². The number of nitrogens with zero attached hydrogens (tertiary/aromatic N) is 4. The van der Waals surface area contributed by atoms with E-state index in [1.807, 2.05) is 0 Å². The average Bonchev–Trinajstić information content (AvgIpc) is 2.86. The van der Waals surface area contributed by atoms with Crippen LogP contribution in [0.1, 0.15) is 5.82 Å². The standard InChI is InChI=1S/C12H5Cl2F3N4S/c13-6-1-2-7(14)8(5-6)22-10-4-3-9-18-19-11(12(15,16)17)21(9)20-10/h1-5H. The minimum absolute atomic E-state index is 0.00821. The largest absolute Gasteiger partial charge is 0.453 e. The summed E-state index contributed by atoms with van der Waals surface area (Å²) < 4.78 is 39.1. The highest BCUT2D eigenvalue weighted by Gasteiger charge is 2.37. The van der Waals surface area contributed by atoms with Crippen molar-refractivity contribution in [2.45, 2.75) is 16.1 Å². The highest BCUT2D eigenvalue weighted by atomic mass is 35.5. The van der Waals surface area contributed by atoms with Crippen molar-refractivity contribution in [1.82, 2.24) is 19.8 Å². The molecule has 0 radical (unpaired) electrons. The monoisotopic (exact) mass is 364 g/mol. The van der Waals surface area contributed by atoms with E-state index in [2.05, 4.69) is 15.3 Å². The van der Waals surface area contributed by atoms with E-state index >= 15 is 0 Å². The van der Waals surface area contributed by atoms with Crippen LogP contribution in [-0.2, 0) is 6.18 Å². The van der Waals surface area contributed by atoms with Gasteiger partial charge in [-0.2, -0.15) is 22.8 Å². The van der Waals surface area contributed by atoms with Crippen molar-refractivity contribution in [1.29, 1.82) is 0 Å². The topological polar surface area (TPSA) is 43.1 Å². The van der Waals surface area contributed by atoms with E-state index in [1.165, 1.54) is 12.1 Å². The molecule has 0 spiro atoms. The summed E-state index contributed by atoms with van der Waals surface area (Å²) in [5, 5.41) is 11.7. The van der Waals surface area contributed by atoms with Gasteiger partial charge >= 0.3 is 6.18 Å². The first-order valence-corrected chi connectivity index (χ1v) is 7.34. The fourth-order valence-corrected chi connectivity index (χ4v) is 2.98. The molecule has 0 atom stereocenters. The first-order valence-electron chi connectivity index (χ1n) is 5.77. The van der Waals surface area contributed by atoms with Gasteiger partial charge in [-0.25, -0.2) is 0 Å². The van der Waals surface area contributed by atoms with E-state index in [1.54, 1.807) is 18.2 Å². The van der Waals surface area contributed by atoms with Gasteiger partial charge in [-0.15, -0.1) is 10.2 Å². The van der Waals surface area contributed by atoms with Crippen molar-refractivity contribution in [3.8, 4) is 0 Å². The molecular formula is C12H5Cl2F3N4S. The Labute approximate surface area is 136 Å². The molecule has 0 amide bonds. The second kappa shape index (κ2) is 5.60. The number of rotatable bonds is 2. The van der Waals surface area contributed by atoms with Crippen LogP contribution in [0.2, 0.25) is 10.0 Å². The van der Waals surface area contributed by atoms with Crippen LogP contribution < -0.4 is 0 Å². The molecule has 0 N–H and O–H groups in total. The second-order valence-corrected chi connectivity index (χ2v) is 6.05. The highest BCUT2D eigenvalue weighted by molar-refractivity contribution is 7.99. The number of hydrogen-bond acceptors (Lipinski definition) is 4. The number of halogens is 5. The molecule has 0 aliphatic carbocycles. The van der Waals surface area contributed by atoms with Crippen LogP contribution in [0.15, 0.2) is 40.3 Å². The Hall–Kier alpha value is -1.51. The first-order chi connectivity index (χ1) is 10.3. The summed E-state index contributed by atoms with van der Waals surface area (Å²) in [5.41, 5.74) is 0.00821. The van der Waals surface area contributed by atoms with Gasteiger partial charge < -0.3 is 0 Å². The SMILES string of the molecule is FC(F)(F)c1nnc2ccc(Sc3cc(Cl)ccc3Cl)nn12. The van der Waals surface area contributed by atoms with E-state index in [9.17, 15) is 13.2 Å². The van der Waals surface area contributed by atoms with Gasteiger partial charge in [-0.05, 0) is 30.3 Å². The van der Waals surface area contributed by atoms with E-state index < -0.39 is 12.0 Å². The lowest BCUT2D eigenvalue weighted by molar-refractivity contribution is -0.146. The zero-order valence-electron chi connectivity index (χ0n) is 10.5. The molecule has 0 fully saturated rings. The molecule has 0 aliphatic heterocycles. The molecule has 0 aliphatic rings. The predicted octanol–water partition coefficient (Wildman–Crippen LogP) is 4.60. The lowest BCUT2D eigenvalue weighted by Crippen LogP contribution is -2.12. The number of hydrogen-bond donors (Lipinski definition) is 0. The highest BCUT2D eigenvalue weighted by Crippen LogP contribution is 2.34. The minimum atomic E-state index is -4.64. The number of fused-ring (bicyclic) bond motifs is 1. The summed E-state index contributed by atoms with van der Waals surface area (Å²) in [4.78, 5) is 0.586. The maximum absolute atomic E-state index is 12.8. The Kier molecular flexibility index (Phi) is 3.92. The van der Waals surface area contributed by atoms with Gasteiger partial charge in [0.2, 0.25) is 0 Å². The summed E-state index contributed by atoms with van der Waals surface area (Å²) in [7, 11) is 0. The Morgan fingerprint density at radius 2 is 1.82 bits per heavy atom. The molecule has 0 bridgehead atoms. The van der Waals surface area contributed by atoms with E-state index in [4.69, 9.17) is 23.2 Å². The molecule has 3 rings (SSSR count). The summed E-state index contributed by atoms with van der Waals surface area (Å²) in [6.07, 6.45) is -4.64. The number of alkyl halides is 3. The summed E-state index contributed by atoms with van der Waals surface area (Å²) in [6, 6.07) is 7.76. The average molecular weight is 365 g/mol. The molecule has 114 valence electrons. The Morgan fingerprint density at radius 3 is 2.55 bits per heavy atom. The quantitative estimate of drug-likeness (QED) is 0.666. The molecule has 0 saturated heterocycles. The normalized spacial score (nSPS) is 12.0. The van der Waals surface area contributed by atoms with Crippen LogP contribution in [0, 0.1) is 0 Å². The molecule has 1 aromatic carbocycles. The third-order valence-corrected chi connectivity index (χ3v) is 4.26.